The van der Waals surface area contributed by atoms with E-state index in [9.17, 15) is 5.11 Å². The minimum Gasteiger partial charge on any atom is -0.389 e. The molecule has 0 radical (unpaired) electrons. The lowest BCUT2D eigenvalue weighted by Crippen LogP contribution is -2.47. The van der Waals surface area contributed by atoms with Gasteiger partial charge in [-0.3, -0.25) is 0 Å². The third-order valence-corrected chi connectivity index (χ3v) is 3.54. The minimum absolute atomic E-state index is 0.240. The van der Waals surface area contributed by atoms with E-state index in [1.54, 1.807) is 0 Å². The number of hydrogen-bond acceptors (Lipinski definition) is 3. The first-order chi connectivity index (χ1) is 7.64. The Balaban J connectivity index is 1.93. The van der Waals surface area contributed by atoms with E-state index >= 15 is 0 Å². The molecule has 1 fully saturated rings. The van der Waals surface area contributed by atoms with Crippen LogP contribution in [0.4, 0.5) is 0 Å². The highest BCUT2D eigenvalue weighted by atomic mass is 16.3. The van der Waals surface area contributed by atoms with Gasteiger partial charge in [-0.1, -0.05) is 6.92 Å². The normalized spacial score (nSPS) is 20.4. The molecule has 1 saturated carbocycles. The van der Waals surface area contributed by atoms with Gasteiger partial charge in [-0.2, -0.15) is 0 Å². The molecule has 4 heteroatoms. The zero-order valence-corrected chi connectivity index (χ0v) is 10.1. The number of imidazole rings is 1. The summed E-state index contributed by atoms with van der Waals surface area (Å²) in [7, 11) is 2.00. The fourth-order valence-electron chi connectivity index (χ4n) is 2.21. The maximum absolute atomic E-state index is 10.0. The van der Waals surface area contributed by atoms with Crippen LogP contribution in [-0.2, 0) is 7.05 Å². The van der Waals surface area contributed by atoms with Crippen molar-refractivity contribution in [3.05, 3.63) is 18.2 Å². The molecule has 1 atom stereocenters. The number of nitrogens with zero attached hydrogens (tertiary/aromatic N) is 2. The number of aryl methyl sites for hydroxylation is 1. The number of rotatable bonds is 5. The monoisotopic (exact) mass is 223 g/mol. The molecule has 1 unspecified atom stereocenters. The van der Waals surface area contributed by atoms with Crippen LogP contribution in [0.3, 0.4) is 0 Å². The second-order valence-corrected chi connectivity index (χ2v) is 4.82. The zero-order chi connectivity index (χ0) is 11.6. The van der Waals surface area contributed by atoms with E-state index in [1.165, 1.54) is 0 Å². The molecule has 1 aliphatic carbocycles. The van der Waals surface area contributed by atoms with Crippen molar-refractivity contribution >= 4 is 0 Å². The van der Waals surface area contributed by atoms with Crippen molar-refractivity contribution in [3.8, 4) is 0 Å². The van der Waals surface area contributed by atoms with E-state index < -0.39 is 5.60 Å². The van der Waals surface area contributed by atoms with Crippen molar-refractivity contribution in [1.29, 1.82) is 0 Å². The molecule has 0 aromatic carbocycles. The van der Waals surface area contributed by atoms with Gasteiger partial charge in [0.15, 0.2) is 0 Å². The van der Waals surface area contributed by atoms with Crippen LogP contribution in [0, 0.1) is 0 Å². The molecule has 0 spiro atoms. The van der Waals surface area contributed by atoms with Crippen LogP contribution in [0.2, 0.25) is 0 Å². The van der Waals surface area contributed by atoms with Gasteiger partial charge in [-0.25, -0.2) is 4.98 Å². The third-order valence-electron chi connectivity index (χ3n) is 3.54. The summed E-state index contributed by atoms with van der Waals surface area (Å²) >= 11 is 0. The zero-order valence-electron chi connectivity index (χ0n) is 10.1. The van der Waals surface area contributed by atoms with Crippen LogP contribution < -0.4 is 5.32 Å². The predicted octanol–water partition coefficient (Wildman–Crippen LogP) is 1.38. The largest absolute Gasteiger partial charge is 0.389 e. The predicted molar refractivity (Wildman–Crippen MR) is 63.0 cm³/mol. The Kier molecular flexibility index (Phi) is 3.30. The quantitative estimate of drug-likeness (QED) is 0.793. The standard InChI is InChI=1S/C12H21N3O/c1-3-10(11-13-7-8-15(11)2)14-9-12(16)5-4-6-12/h7-8,10,14,16H,3-6,9H2,1-2H3. The van der Waals surface area contributed by atoms with Gasteiger partial charge in [0.25, 0.3) is 0 Å². The summed E-state index contributed by atoms with van der Waals surface area (Å²) in [6.07, 6.45) is 7.77. The van der Waals surface area contributed by atoms with E-state index in [1.807, 2.05) is 24.0 Å². The molecule has 2 rings (SSSR count). The summed E-state index contributed by atoms with van der Waals surface area (Å²) < 4.78 is 2.03. The smallest absolute Gasteiger partial charge is 0.125 e. The summed E-state index contributed by atoms with van der Waals surface area (Å²) in [6, 6.07) is 0.240. The van der Waals surface area contributed by atoms with Crippen molar-refractivity contribution in [3.63, 3.8) is 0 Å². The van der Waals surface area contributed by atoms with Gasteiger partial charge in [0.1, 0.15) is 5.82 Å². The van der Waals surface area contributed by atoms with E-state index in [2.05, 4.69) is 17.2 Å². The minimum atomic E-state index is -0.460. The molecule has 0 amide bonds. The summed E-state index contributed by atoms with van der Waals surface area (Å²) in [5.74, 6) is 1.05. The SMILES string of the molecule is CCC(NCC1(O)CCC1)c1nccn1C. The average Bonchev–Trinajstić information content (AvgIpc) is 2.63. The molecule has 4 nitrogen and oxygen atoms in total. The fourth-order valence-corrected chi connectivity index (χ4v) is 2.21. The first kappa shape index (κ1) is 11.6. The highest BCUT2D eigenvalue weighted by Crippen LogP contribution is 2.31. The number of aromatic nitrogens is 2. The Morgan fingerprint density at radius 1 is 1.62 bits per heavy atom. The van der Waals surface area contributed by atoms with E-state index in [4.69, 9.17) is 0 Å². The van der Waals surface area contributed by atoms with E-state index in [-0.39, 0.29) is 6.04 Å². The first-order valence-electron chi connectivity index (χ1n) is 6.07. The van der Waals surface area contributed by atoms with Gasteiger partial charge in [0.2, 0.25) is 0 Å². The Bertz CT molecular complexity index is 344. The molecule has 1 aliphatic rings. The summed E-state index contributed by atoms with van der Waals surface area (Å²) in [5.41, 5.74) is -0.460. The van der Waals surface area contributed by atoms with Crippen LogP contribution in [0.1, 0.15) is 44.5 Å². The van der Waals surface area contributed by atoms with Gasteiger partial charge in [-0.05, 0) is 25.7 Å². The van der Waals surface area contributed by atoms with Crippen LogP contribution in [-0.4, -0.2) is 26.8 Å². The van der Waals surface area contributed by atoms with Gasteiger partial charge in [0, 0.05) is 26.0 Å². The topological polar surface area (TPSA) is 50.1 Å². The number of hydrogen-bond donors (Lipinski definition) is 2. The molecule has 2 N–H and O–H groups in total. The highest BCUT2D eigenvalue weighted by molar-refractivity contribution is 5.00. The van der Waals surface area contributed by atoms with E-state index in [0.717, 1.165) is 31.5 Å². The lowest BCUT2D eigenvalue weighted by atomic mass is 9.80. The lowest BCUT2D eigenvalue weighted by molar-refractivity contribution is -0.0335. The molecule has 0 aliphatic heterocycles. The molecule has 1 heterocycles. The van der Waals surface area contributed by atoms with Crippen LogP contribution >= 0.6 is 0 Å². The second-order valence-electron chi connectivity index (χ2n) is 4.82. The van der Waals surface area contributed by atoms with E-state index in [0.29, 0.717) is 6.54 Å². The lowest BCUT2D eigenvalue weighted by Gasteiger charge is -2.37. The summed E-state index contributed by atoms with van der Waals surface area (Å²) in [4.78, 5) is 4.35. The fraction of sp³-hybridized carbons (Fsp3) is 0.750. The summed E-state index contributed by atoms with van der Waals surface area (Å²) in [5, 5.41) is 13.5. The van der Waals surface area contributed by atoms with Crippen molar-refractivity contribution in [2.75, 3.05) is 6.54 Å². The average molecular weight is 223 g/mol. The summed E-state index contributed by atoms with van der Waals surface area (Å²) in [6.45, 7) is 2.82. The van der Waals surface area contributed by atoms with Crippen molar-refractivity contribution in [1.82, 2.24) is 14.9 Å². The maximum Gasteiger partial charge on any atom is 0.125 e. The van der Waals surface area contributed by atoms with Gasteiger partial charge >= 0.3 is 0 Å². The van der Waals surface area contributed by atoms with Crippen LogP contribution in [0.15, 0.2) is 12.4 Å². The van der Waals surface area contributed by atoms with Gasteiger partial charge in [-0.15, -0.1) is 0 Å². The molecule has 16 heavy (non-hydrogen) atoms. The first-order valence-corrected chi connectivity index (χ1v) is 6.07. The third kappa shape index (κ3) is 2.28. The number of nitrogens with one attached hydrogen (secondary N) is 1. The van der Waals surface area contributed by atoms with Crippen molar-refractivity contribution in [2.24, 2.45) is 7.05 Å². The maximum atomic E-state index is 10.0. The molecule has 0 saturated heterocycles. The Morgan fingerprint density at radius 3 is 2.81 bits per heavy atom. The van der Waals surface area contributed by atoms with Gasteiger partial charge in [0.05, 0.1) is 11.6 Å². The van der Waals surface area contributed by atoms with Crippen LogP contribution in [0.25, 0.3) is 0 Å². The molecule has 90 valence electrons. The molecular weight excluding hydrogens is 202 g/mol. The Labute approximate surface area is 96.7 Å². The van der Waals surface area contributed by atoms with Crippen molar-refractivity contribution in [2.45, 2.75) is 44.2 Å². The molecular formula is C12H21N3O. The van der Waals surface area contributed by atoms with Crippen LogP contribution in [0.5, 0.6) is 0 Å². The molecule has 1 aromatic heterocycles. The Morgan fingerprint density at radius 2 is 2.38 bits per heavy atom. The number of aliphatic hydroxyl groups is 1. The Hall–Kier alpha value is -0.870. The van der Waals surface area contributed by atoms with Gasteiger partial charge < -0.3 is 15.0 Å². The second kappa shape index (κ2) is 4.55. The van der Waals surface area contributed by atoms with Crippen molar-refractivity contribution < 1.29 is 5.11 Å². The molecule has 0 bridgehead atoms. The molecule has 1 aromatic rings. The highest BCUT2D eigenvalue weighted by Gasteiger charge is 2.34.